The lowest BCUT2D eigenvalue weighted by atomic mass is 10.3. The molecule has 2 aromatic heterocycles. The van der Waals surface area contributed by atoms with E-state index in [1.165, 1.54) is 6.33 Å². The largest absolute Gasteiger partial charge is 0.436 e. The molecule has 0 aliphatic carbocycles. The molecule has 0 atom stereocenters. The predicted octanol–water partition coefficient (Wildman–Crippen LogP) is 3.57. The lowest BCUT2D eigenvalue weighted by molar-refractivity contribution is 0.464. The number of halogens is 2. The molecule has 0 amide bonds. The van der Waals surface area contributed by atoms with Gasteiger partial charge in [0.15, 0.2) is 11.2 Å². The zero-order valence-electron chi connectivity index (χ0n) is 9.84. The predicted molar refractivity (Wildman–Crippen MR) is 75.5 cm³/mol. The number of hydrogen-bond acceptors (Lipinski definition) is 4. The molecule has 0 aliphatic rings. The molecule has 0 spiro atoms. The van der Waals surface area contributed by atoms with Crippen LogP contribution < -0.4 is 4.74 Å². The molecule has 1 aromatic carbocycles. The van der Waals surface area contributed by atoms with E-state index in [1.54, 1.807) is 29.1 Å². The summed E-state index contributed by atoms with van der Waals surface area (Å²) in [4.78, 5) is 12.5. The van der Waals surface area contributed by atoms with E-state index in [9.17, 15) is 0 Å². The first-order valence-electron chi connectivity index (χ1n) is 5.40. The Morgan fingerprint density at radius 1 is 1.26 bits per heavy atom. The summed E-state index contributed by atoms with van der Waals surface area (Å²) < 4.78 is 8.32. The quantitative estimate of drug-likeness (QED) is 0.716. The second-order valence-corrected chi connectivity index (χ2v) is 5.17. The topological polar surface area (TPSA) is 52.8 Å². The molecular weight excluding hydrogens is 332 g/mol. The van der Waals surface area contributed by atoms with Gasteiger partial charge in [-0.3, -0.25) is 0 Å². The Kier molecular flexibility index (Phi) is 3.12. The summed E-state index contributed by atoms with van der Waals surface area (Å²) in [5.74, 6) is 1.03. The van der Waals surface area contributed by atoms with Crippen molar-refractivity contribution in [1.29, 1.82) is 0 Å². The van der Waals surface area contributed by atoms with E-state index in [4.69, 9.17) is 16.3 Å². The van der Waals surface area contributed by atoms with Crippen molar-refractivity contribution < 1.29 is 4.74 Å². The van der Waals surface area contributed by atoms with Crippen molar-refractivity contribution >= 4 is 38.7 Å². The number of aryl methyl sites for hydroxylation is 1. The van der Waals surface area contributed by atoms with E-state index < -0.39 is 0 Å². The Bertz CT molecular complexity index is 759. The molecule has 96 valence electrons. The average Bonchev–Trinajstić information content (AvgIpc) is 2.76. The second-order valence-electron chi connectivity index (χ2n) is 3.88. The maximum absolute atomic E-state index is 5.89. The van der Waals surface area contributed by atoms with E-state index in [-0.39, 0.29) is 0 Å². The van der Waals surface area contributed by atoms with Crippen LogP contribution in [-0.2, 0) is 7.05 Å². The number of imidazole rings is 1. The summed E-state index contributed by atoms with van der Waals surface area (Å²) in [5, 5.41) is 0.630. The van der Waals surface area contributed by atoms with Gasteiger partial charge in [0.25, 0.3) is 5.88 Å². The van der Waals surface area contributed by atoms with Gasteiger partial charge in [-0.1, -0.05) is 11.6 Å². The Morgan fingerprint density at radius 3 is 2.89 bits per heavy atom. The maximum Gasteiger partial charge on any atom is 0.250 e. The van der Waals surface area contributed by atoms with Crippen LogP contribution in [0.1, 0.15) is 0 Å². The molecule has 0 radical (unpaired) electrons. The van der Waals surface area contributed by atoms with Crippen LogP contribution in [0.15, 0.2) is 35.3 Å². The van der Waals surface area contributed by atoms with Crippen LogP contribution in [-0.4, -0.2) is 19.5 Å². The lowest BCUT2D eigenvalue weighted by Gasteiger charge is -2.07. The van der Waals surface area contributed by atoms with Gasteiger partial charge in [-0.2, -0.15) is 4.98 Å². The van der Waals surface area contributed by atoms with Gasteiger partial charge < -0.3 is 9.30 Å². The zero-order chi connectivity index (χ0) is 13.4. The molecule has 0 saturated heterocycles. The van der Waals surface area contributed by atoms with Gasteiger partial charge in [-0.15, -0.1) is 0 Å². The number of hydrogen-bond donors (Lipinski definition) is 0. The monoisotopic (exact) mass is 338 g/mol. The molecule has 0 aliphatic heterocycles. The normalized spacial score (nSPS) is 10.9. The van der Waals surface area contributed by atoms with E-state index in [0.717, 1.165) is 10.1 Å². The summed E-state index contributed by atoms with van der Waals surface area (Å²) in [6.07, 6.45) is 3.12. The SMILES string of the molecule is Cn1cnc2c(Oc3ccc(Cl)cc3Br)ncnc21. The van der Waals surface area contributed by atoms with Crippen LogP contribution in [0, 0.1) is 0 Å². The number of benzene rings is 1. The smallest absolute Gasteiger partial charge is 0.250 e. The van der Waals surface area contributed by atoms with Gasteiger partial charge in [0, 0.05) is 12.1 Å². The first kappa shape index (κ1) is 12.4. The van der Waals surface area contributed by atoms with Crippen molar-refractivity contribution in [1.82, 2.24) is 19.5 Å². The molecule has 0 fully saturated rings. The number of aromatic nitrogens is 4. The highest BCUT2D eigenvalue weighted by atomic mass is 79.9. The summed E-state index contributed by atoms with van der Waals surface area (Å²) in [5.41, 5.74) is 1.34. The second kappa shape index (κ2) is 4.79. The molecule has 3 rings (SSSR count). The molecule has 19 heavy (non-hydrogen) atoms. The van der Waals surface area contributed by atoms with Gasteiger partial charge in [0.05, 0.1) is 10.8 Å². The number of fused-ring (bicyclic) bond motifs is 1. The molecule has 5 nitrogen and oxygen atoms in total. The summed E-state index contributed by atoms with van der Waals surface area (Å²) >= 11 is 9.29. The van der Waals surface area contributed by atoms with E-state index in [1.807, 2.05) is 7.05 Å². The van der Waals surface area contributed by atoms with Crippen molar-refractivity contribution in [3.8, 4) is 11.6 Å². The number of ether oxygens (including phenoxy) is 1. The standard InChI is InChI=1S/C12H8BrClN4O/c1-18-6-17-10-11(18)15-5-16-12(10)19-9-3-2-7(14)4-8(9)13/h2-6H,1H3. The van der Waals surface area contributed by atoms with E-state index in [2.05, 4.69) is 30.9 Å². The molecule has 0 bridgehead atoms. The Labute approximate surface area is 122 Å². The van der Waals surface area contributed by atoms with E-state index >= 15 is 0 Å². The highest BCUT2D eigenvalue weighted by Gasteiger charge is 2.12. The van der Waals surface area contributed by atoms with Crippen LogP contribution >= 0.6 is 27.5 Å². The molecular formula is C12H8BrClN4O. The third kappa shape index (κ3) is 2.29. The Hall–Kier alpha value is -1.66. The fourth-order valence-corrected chi connectivity index (χ4v) is 2.42. The fraction of sp³-hybridized carbons (Fsp3) is 0.0833. The Balaban J connectivity index is 2.06. The third-order valence-electron chi connectivity index (χ3n) is 2.56. The summed E-state index contributed by atoms with van der Waals surface area (Å²) in [7, 11) is 1.87. The van der Waals surface area contributed by atoms with Crippen LogP contribution in [0.5, 0.6) is 11.6 Å². The first-order valence-corrected chi connectivity index (χ1v) is 6.57. The van der Waals surface area contributed by atoms with Crippen molar-refractivity contribution in [2.45, 2.75) is 0 Å². The minimum atomic E-state index is 0.411. The zero-order valence-corrected chi connectivity index (χ0v) is 12.2. The number of rotatable bonds is 2. The van der Waals surface area contributed by atoms with Gasteiger partial charge in [0.1, 0.15) is 12.1 Å². The lowest BCUT2D eigenvalue weighted by Crippen LogP contribution is -1.93. The third-order valence-corrected chi connectivity index (χ3v) is 3.42. The van der Waals surface area contributed by atoms with Crippen molar-refractivity contribution in [3.63, 3.8) is 0 Å². The number of nitrogens with zero attached hydrogens (tertiary/aromatic N) is 4. The van der Waals surface area contributed by atoms with E-state index in [0.29, 0.717) is 22.2 Å². The molecule has 3 aromatic rings. The molecule has 0 saturated carbocycles. The van der Waals surface area contributed by atoms with Crippen LogP contribution in [0.2, 0.25) is 5.02 Å². The molecule has 0 unspecified atom stereocenters. The highest BCUT2D eigenvalue weighted by Crippen LogP contribution is 2.32. The summed E-state index contributed by atoms with van der Waals surface area (Å²) in [6.45, 7) is 0. The molecule has 7 heteroatoms. The van der Waals surface area contributed by atoms with Crippen LogP contribution in [0.4, 0.5) is 0 Å². The van der Waals surface area contributed by atoms with Crippen LogP contribution in [0.25, 0.3) is 11.2 Å². The fourth-order valence-electron chi connectivity index (χ4n) is 1.66. The van der Waals surface area contributed by atoms with Crippen molar-refractivity contribution in [2.24, 2.45) is 7.05 Å². The summed E-state index contributed by atoms with van der Waals surface area (Å²) in [6, 6.07) is 5.27. The van der Waals surface area contributed by atoms with Gasteiger partial charge in [-0.25, -0.2) is 9.97 Å². The highest BCUT2D eigenvalue weighted by molar-refractivity contribution is 9.10. The Morgan fingerprint density at radius 2 is 2.11 bits per heavy atom. The van der Waals surface area contributed by atoms with Gasteiger partial charge in [0.2, 0.25) is 0 Å². The minimum Gasteiger partial charge on any atom is -0.436 e. The van der Waals surface area contributed by atoms with Crippen LogP contribution in [0.3, 0.4) is 0 Å². The maximum atomic E-state index is 5.89. The van der Waals surface area contributed by atoms with Crippen molar-refractivity contribution in [3.05, 3.63) is 40.3 Å². The molecule has 0 N–H and O–H groups in total. The van der Waals surface area contributed by atoms with Gasteiger partial charge >= 0.3 is 0 Å². The minimum absolute atomic E-state index is 0.411. The molecule has 2 heterocycles. The first-order chi connectivity index (χ1) is 9.15. The van der Waals surface area contributed by atoms with Crippen molar-refractivity contribution in [2.75, 3.05) is 0 Å². The van der Waals surface area contributed by atoms with Gasteiger partial charge in [-0.05, 0) is 34.1 Å². The average molecular weight is 340 g/mol.